The van der Waals surface area contributed by atoms with Gasteiger partial charge < -0.3 is 10.2 Å². The van der Waals surface area contributed by atoms with Crippen molar-refractivity contribution in [3.05, 3.63) is 51.5 Å². The minimum atomic E-state index is 0. The largest absolute Gasteiger partial charge is 0.356 e. The molecule has 1 aromatic heterocycles. The SMILES string of the molecule is CCc1cnc(CCNC(=NC)N(C)Cc2ccccc2C)s1.I. The second kappa shape index (κ2) is 10.7. The number of guanidine groups is 1. The lowest BCUT2D eigenvalue weighted by Crippen LogP contribution is -2.39. The Hall–Kier alpha value is -1.15. The van der Waals surface area contributed by atoms with Crippen molar-refractivity contribution in [2.75, 3.05) is 20.6 Å². The molecule has 1 aromatic carbocycles. The molecular formula is C18H27IN4S. The Kier molecular flexibility index (Phi) is 9.28. The third-order valence-corrected chi connectivity index (χ3v) is 5.02. The molecule has 0 aliphatic heterocycles. The van der Waals surface area contributed by atoms with E-state index in [-0.39, 0.29) is 24.0 Å². The normalized spacial score (nSPS) is 11.1. The number of nitrogens with zero attached hydrogens (tertiary/aromatic N) is 3. The molecule has 0 amide bonds. The molecule has 1 heterocycles. The van der Waals surface area contributed by atoms with Crippen LogP contribution in [0.25, 0.3) is 0 Å². The van der Waals surface area contributed by atoms with Gasteiger partial charge in [-0.15, -0.1) is 35.3 Å². The molecule has 4 nitrogen and oxygen atoms in total. The monoisotopic (exact) mass is 458 g/mol. The molecular weight excluding hydrogens is 431 g/mol. The number of aromatic nitrogens is 1. The van der Waals surface area contributed by atoms with Gasteiger partial charge in [-0.2, -0.15) is 0 Å². The Morgan fingerprint density at radius 3 is 2.71 bits per heavy atom. The van der Waals surface area contributed by atoms with E-state index in [1.54, 1.807) is 11.3 Å². The highest BCUT2D eigenvalue weighted by atomic mass is 127. The Labute approximate surface area is 166 Å². The van der Waals surface area contributed by atoms with Gasteiger partial charge in [-0.25, -0.2) is 4.98 Å². The average Bonchev–Trinajstić information content (AvgIpc) is 3.01. The Morgan fingerprint density at radius 1 is 1.33 bits per heavy atom. The van der Waals surface area contributed by atoms with Crippen LogP contribution in [0.1, 0.15) is 27.9 Å². The lowest BCUT2D eigenvalue weighted by molar-refractivity contribution is 0.476. The van der Waals surface area contributed by atoms with Crippen LogP contribution in [0.3, 0.4) is 0 Å². The van der Waals surface area contributed by atoms with Gasteiger partial charge in [0.25, 0.3) is 0 Å². The number of thiazole rings is 1. The summed E-state index contributed by atoms with van der Waals surface area (Å²) in [6, 6.07) is 8.47. The van der Waals surface area contributed by atoms with Crippen molar-refractivity contribution in [2.45, 2.75) is 33.2 Å². The topological polar surface area (TPSA) is 40.5 Å². The zero-order chi connectivity index (χ0) is 16.7. The van der Waals surface area contributed by atoms with Crippen molar-refractivity contribution < 1.29 is 0 Å². The molecule has 0 saturated carbocycles. The van der Waals surface area contributed by atoms with Gasteiger partial charge in [0.15, 0.2) is 5.96 Å². The van der Waals surface area contributed by atoms with Crippen molar-refractivity contribution in [3.63, 3.8) is 0 Å². The zero-order valence-electron chi connectivity index (χ0n) is 14.9. The van der Waals surface area contributed by atoms with Crippen LogP contribution in [0.15, 0.2) is 35.5 Å². The van der Waals surface area contributed by atoms with E-state index in [4.69, 9.17) is 0 Å². The minimum absolute atomic E-state index is 0. The molecule has 2 aromatic rings. The number of benzene rings is 1. The van der Waals surface area contributed by atoms with Crippen LogP contribution in [0.2, 0.25) is 0 Å². The second-order valence-electron chi connectivity index (χ2n) is 5.58. The van der Waals surface area contributed by atoms with Crippen molar-refractivity contribution >= 4 is 41.3 Å². The van der Waals surface area contributed by atoms with E-state index in [0.29, 0.717) is 0 Å². The van der Waals surface area contributed by atoms with E-state index < -0.39 is 0 Å². The maximum Gasteiger partial charge on any atom is 0.193 e. The lowest BCUT2D eigenvalue weighted by atomic mass is 10.1. The highest BCUT2D eigenvalue weighted by Gasteiger charge is 2.08. The van der Waals surface area contributed by atoms with E-state index in [2.05, 4.69) is 65.4 Å². The van der Waals surface area contributed by atoms with Crippen LogP contribution < -0.4 is 5.32 Å². The predicted octanol–water partition coefficient (Wildman–Crippen LogP) is 3.88. The molecule has 0 spiro atoms. The summed E-state index contributed by atoms with van der Waals surface area (Å²) < 4.78 is 0. The summed E-state index contributed by atoms with van der Waals surface area (Å²) >= 11 is 1.80. The van der Waals surface area contributed by atoms with Crippen LogP contribution >= 0.6 is 35.3 Å². The fourth-order valence-electron chi connectivity index (χ4n) is 2.41. The highest BCUT2D eigenvalue weighted by Crippen LogP contribution is 2.13. The number of aryl methyl sites for hydroxylation is 2. The number of hydrogen-bond acceptors (Lipinski definition) is 3. The molecule has 2 rings (SSSR count). The standard InChI is InChI=1S/C18H26N4S.HI/c1-5-16-12-21-17(23-16)10-11-20-18(19-3)22(4)13-15-9-7-6-8-14(15)2;/h6-9,12H,5,10-11,13H2,1-4H3,(H,19,20);1H. The van der Waals surface area contributed by atoms with Gasteiger partial charge >= 0.3 is 0 Å². The summed E-state index contributed by atoms with van der Waals surface area (Å²) in [7, 11) is 3.90. The summed E-state index contributed by atoms with van der Waals surface area (Å²) in [5, 5.41) is 4.61. The number of aliphatic imine (C=N–C) groups is 1. The molecule has 0 saturated heterocycles. The summed E-state index contributed by atoms with van der Waals surface area (Å²) in [5.41, 5.74) is 2.63. The Bertz CT molecular complexity index is 654. The van der Waals surface area contributed by atoms with Crippen LogP contribution in [0.4, 0.5) is 0 Å². The molecule has 0 fully saturated rings. The molecule has 6 heteroatoms. The zero-order valence-corrected chi connectivity index (χ0v) is 18.0. The van der Waals surface area contributed by atoms with E-state index in [1.807, 2.05) is 13.2 Å². The van der Waals surface area contributed by atoms with Gasteiger partial charge in [-0.1, -0.05) is 31.2 Å². The van der Waals surface area contributed by atoms with E-state index in [1.165, 1.54) is 21.0 Å². The van der Waals surface area contributed by atoms with Crippen LogP contribution in [0.5, 0.6) is 0 Å². The van der Waals surface area contributed by atoms with Crippen LogP contribution in [-0.2, 0) is 19.4 Å². The molecule has 0 aliphatic carbocycles. The first-order valence-electron chi connectivity index (χ1n) is 8.04. The molecule has 132 valence electrons. The van der Waals surface area contributed by atoms with E-state index in [9.17, 15) is 0 Å². The number of halogens is 1. The third kappa shape index (κ3) is 6.05. The Morgan fingerprint density at radius 2 is 2.08 bits per heavy atom. The molecule has 0 atom stereocenters. The summed E-state index contributed by atoms with van der Waals surface area (Å²) in [4.78, 5) is 12.3. The van der Waals surface area contributed by atoms with Crippen molar-refractivity contribution in [2.24, 2.45) is 4.99 Å². The predicted molar refractivity (Wildman–Crippen MR) is 115 cm³/mol. The highest BCUT2D eigenvalue weighted by molar-refractivity contribution is 14.0. The first kappa shape index (κ1) is 20.9. The van der Waals surface area contributed by atoms with Gasteiger partial charge in [0.1, 0.15) is 0 Å². The Balaban J connectivity index is 0.00000288. The van der Waals surface area contributed by atoms with Gasteiger partial charge in [0.05, 0.1) is 5.01 Å². The van der Waals surface area contributed by atoms with Gasteiger partial charge in [-0.05, 0) is 24.5 Å². The molecule has 24 heavy (non-hydrogen) atoms. The first-order chi connectivity index (χ1) is 11.1. The van der Waals surface area contributed by atoms with Crippen LogP contribution in [-0.4, -0.2) is 36.5 Å². The number of hydrogen-bond donors (Lipinski definition) is 1. The fraction of sp³-hybridized carbons (Fsp3) is 0.444. The molecule has 0 unspecified atom stereocenters. The van der Waals surface area contributed by atoms with Crippen molar-refractivity contribution in [1.82, 2.24) is 15.2 Å². The van der Waals surface area contributed by atoms with E-state index >= 15 is 0 Å². The van der Waals surface area contributed by atoms with Crippen LogP contribution in [0, 0.1) is 6.92 Å². The molecule has 0 aliphatic rings. The second-order valence-corrected chi connectivity index (χ2v) is 6.78. The number of nitrogens with one attached hydrogen (secondary N) is 1. The average molecular weight is 458 g/mol. The number of rotatable bonds is 6. The van der Waals surface area contributed by atoms with Gasteiger partial charge in [0.2, 0.25) is 0 Å². The maximum atomic E-state index is 4.46. The summed E-state index contributed by atoms with van der Waals surface area (Å²) in [6.45, 7) is 6.01. The first-order valence-corrected chi connectivity index (χ1v) is 8.85. The third-order valence-electron chi connectivity index (χ3n) is 3.81. The van der Waals surface area contributed by atoms with Gasteiger partial charge in [0, 0.05) is 44.7 Å². The smallest absolute Gasteiger partial charge is 0.193 e. The maximum absolute atomic E-state index is 4.46. The van der Waals surface area contributed by atoms with Gasteiger partial charge in [-0.3, -0.25) is 4.99 Å². The van der Waals surface area contributed by atoms with Crippen molar-refractivity contribution in [1.29, 1.82) is 0 Å². The summed E-state index contributed by atoms with van der Waals surface area (Å²) in [5.74, 6) is 0.917. The van der Waals surface area contributed by atoms with E-state index in [0.717, 1.165) is 31.9 Å². The lowest BCUT2D eigenvalue weighted by Gasteiger charge is -2.22. The summed E-state index contributed by atoms with van der Waals surface area (Å²) in [6.07, 6.45) is 3.98. The molecule has 0 bridgehead atoms. The molecule has 0 radical (unpaired) electrons. The molecule has 1 N–H and O–H groups in total. The van der Waals surface area contributed by atoms with Crippen molar-refractivity contribution in [3.8, 4) is 0 Å². The minimum Gasteiger partial charge on any atom is -0.356 e. The quantitative estimate of drug-likeness (QED) is 0.406. The fourth-order valence-corrected chi connectivity index (χ4v) is 3.27.